The molecule has 0 aliphatic carbocycles. The monoisotopic (exact) mass is 234 g/mol. The topological polar surface area (TPSA) is 23.6 Å². The summed E-state index contributed by atoms with van der Waals surface area (Å²) in [6.45, 7) is 1.50. The van der Waals surface area contributed by atoms with E-state index in [0.717, 1.165) is 10.7 Å². The van der Waals surface area contributed by atoms with Crippen LogP contribution >= 0.6 is 0 Å². The van der Waals surface area contributed by atoms with Crippen LogP contribution in [0.2, 0.25) is 0 Å². The number of benzene rings is 1. The molecule has 0 atom stereocenters. The van der Waals surface area contributed by atoms with Crippen LogP contribution in [0.25, 0.3) is 6.08 Å². The highest BCUT2D eigenvalue weighted by Gasteiger charge is 2.18. The van der Waals surface area contributed by atoms with Gasteiger partial charge >= 0.3 is 0 Å². The van der Waals surface area contributed by atoms with E-state index in [-0.39, 0.29) is 5.91 Å². The molecule has 3 nitrogen and oxygen atoms in total. The first-order chi connectivity index (χ1) is 8.25. The fourth-order valence-electron chi connectivity index (χ4n) is 1.74. The molecule has 0 bridgehead atoms. The maximum absolute atomic E-state index is 12.7. The van der Waals surface area contributed by atoms with E-state index in [1.807, 2.05) is 30.3 Å². The Bertz CT molecular complexity index is 397. The number of carbonyl (C=O) groups excluding carboxylic acids is 1. The molecule has 0 spiro atoms. The van der Waals surface area contributed by atoms with Crippen molar-refractivity contribution in [3.63, 3.8) is 0 Å². The van der Waals surface area contributed by atoms with E-state index in [9.17, 15) is 9.28 Å². The Balaban J connectivity index is 1.91. The standard InChI is InChI=1S/C13H15FN2O/c14-16-10-8-15(9-11-16)13(17)7-6-12-4-2-1-3-5-12/h1-7H,8-11H2. The number of rotatable bonds is 2. The van der Waals surface area contributed by atoms with Crippen LogP contribution in [0.4, 0.5) is 4.48 Å². The SMILES string of the molecule is O=C(C=Cc1ccccc1)N1CCN(F)CC1. The van der Waals surface area contributed by atoms with E-state index in [2.05, 4.69) is 0 Å². The van der Waals surface area contributed by atoms with Crippen molar-refractivity contribution in [2.24, 2.45) is 0 Å². The van der Waals surface area contributed by atoms with E-state index >= 15 is 0 Å². The predicted octanol–water partition coefficient (Wildman–Crippen LogP) is 1.73. The number of amides is 1. The summed E-state index contributed by atoms with van der Waals surface area (Å²) in [4.78, 5) is 13.4. The molecular formula is C13H15FN2O. The predicted molar refractivity (Wildman–Crippen MR) is 64.7 cm³/mol. The number of hydrogen-bond donors (Lipinski definition) is 0. The van der Waals surface area contributed by atoms with Gasteiger partial charge in [0.15, 0.2) is 0 Å². The summed E-state index contributed by atoms with van der Waals surface area (Å²) in [6, 6.07) is 9.64. The molecule has 4 heteroatoms. The summed E-state index contributed by atoms with van der Waals surface area (Å²) in [7, 11) is 0. The van der Waals surface area contributed by atoms with E-state index < -0.39 is 0 Å². The van der Waals surface area contributed by atoms with Crippen molar-refractivity contribution in [1.82, 2.24) is 10.0 Å². The largest absolute Gasteiger partial charge is 0.336 e. The normalized spacial score (nSPS) is 17.6. The van der Waals surface area contributed by atoms with E-state index in [4.69, 9.17) is 0 Å². The van der Waals surface area contributed by atoms with Crippen LogP contribution in [0.15, 0.2) is 36.4 Å². The molecule has 1 amide bonds. The molecule has 17 heavy (non-hydrogen) atoms. The Labute approximate surface area is 100 Å². The first-order valence-electron chi connectivity index (χ1n) is 5.68. The summed E-state index contributed by atoms with van der Waals surface area (Å²) in [5.41, 5.74) is 0.991. The number of hydrogen-bond acceptors (Lipinski definition) is 2. The zero-order chi connectivity index (χ0) is 12.1. The van der Waals surface area contributed by atoms with Crippen molar-refractivity contribution in [3.8, 4) is 0 Å². The van der Waals surface area contributed by atoms with Gasteiger partial charge in [-0.15, -0.1) is 9.60 Å². The lowest BCUT2D eigenvalue weighted by atomic mass is 10.2. The van der Waals surface area contributed by atoms with E-state index in [1.165, 1.54) is 0 Å². The van der Waals surface area contributed by atoms with Gasteiger partial charge in [-0.3, -0.25) is 4.79 Å². The average Bonchev–Trinajstić information content (AvgIpc) is 2.38. The Kier molecular flexibility index (Phi) is 3.88. The lowest BCUT2D eigenvalue weighted by Gasteiger charge is -2.28. The van der Waals surface area contributed by atoms with Crippen molar-refractivity contribution in [3.05, 3.63) is 42.0 Å². The van der Waals surface area contributed by atoms with Gasteiger partial charge in [-0.2, -0.15) is 0 Å². The molecule has 0 unspecified atom stereocenters. The smallest absolute Gasteiger partial charge is 0.246 e. The molecule has 0 saturated carbocycles. The van der Waals surface area contributed by atoms with E-state index in [1.54, 1.807) is 17.1 Å². The zero-order valence-electron chi connectivity index (χ0n) is 9.55. The van der Waals surface area contributed by atoms with Crippen molar-refractivity contribution in [1.29, 1.82) is 0 Å². The van der Waals surface area contributed by atoms with Crippen LogP contribution in [0, 0.1) is 0 Å². The van der Waals surface area contributed by atoms with Gasteiger partial charge < -0.3 is 4.90 Å². The Morgan fingerprint density at radius 1 is 1.12 bits per heavy atom. The van der Waals surface area contributed by atoms with Crippen LogP contribution in [-0.4, -0.2) is 42.1 Å². The van der Waals surface area contributed by atoms with Gasteiger partial charge in [0.1, 0.15) is 0 Å². The lowest BCUT2D eigenvalue weighted by Crippen LogP contribution is -2.45. The molecule has 0 N–H and O–H groups in total. The second-order valence-corrected chi connectivity index (χ2v) is 3.98. The van der Waals surface area contributed by atoms with Crippen molar-refractivity contribution >= 4 is 12.0 Å². The highest BCUT2D eigenvalue weighted by Crippen LogP contribution is 2.05. The van der Waals surface area contributed by atoms with Crippen LogP contribution < -0.4 is 0 Å². The summed E-state index contributed by atoms with van der Waals surface area (Å²) in [6.07, 6.45) is 3.33. The molecule has 1 aliphatic rings. The van der Waals surface area contributed by atoms with Gasteiger partial charge in [0.25, 0.3) is 0 Å². The number of carbonyl (C=O) groups is 1. The minimum atomic E-state index is -0.0537. The summed E-state index contributed by atoms with van der Waals surface area (Å²) in [5, 5.41) is 0.741. The minimum Gasteiger partial charge on any atom is -0.336 e. The average molecular weight is 234 g/mol. The van der Waals surface area contributed by atoms with Crippen molar-refractivity contribution in [2.45, 2.75) is 0 Å². The third kappa shape index (κ3) is 3.39. The molecule has 1 aromatic rings. The zero-order valence-corrected chi connectivity index (χ0v) is 9.55. The van der Waals surface area contributed by atoms with Gasteiger partial charge in [-0.05, 0) is 11.6 Å². The number of halogens is 1. The first kappa shape index (κ1) is 11.8. The quantitative estimate of drug-likeness (QED) is 0.574. The molecule has 0 aromatic heterocycles. The highest BCUT2D eigenvalue weighted by atomic mass is 19.2. The van der Waals surface area contributed by atoms with Gasteiger partial charge in [-0.25, -0.2) is 0 Å². The van der Waals surface area contributed by atoms with Gasteiger partial charge in [0, 0.05) is 32.3 Å². The van der Waals surface area contributed by atoms with E-state index in [0.29, 0.717) is 26.2 Å². The first-order valence-corrected chi connectivity index (χ1v) is 5.68. The third-order valence-electron chi connectivity index (χ3n) is 2.75. The van der Waals surface area contributed by atoms with Crippen molar-refractivity contribution < 1.29 is 9.28 Å². The van der Waals surface area contributed by atoms with Crippen LogP contribution in [-0.2, 0) is 4.79 Å². The molecule has 1 fully saturated rings. The second-order valence-electron chi connectivity index (χ2n) is 3.98. The van der Waals surface area contributed by atoms with Gasteiger partial charge in [0.05, 0.1) is 0 Å². The van der Waals surface area contributed by atoms with Crippen LogP contribution in [0.5, 0.6) is 0 Å². The highest BCUT2D eigenvalue weighted by molar-refractivity contribution is 5.91. The van der Waals surface area contributed by atoms with Crippen LogP contribution in [0.1, 0.15) is 5.56 Å². The van der Waals surface area contributed by atoms with Gasteiger partial charge in [0.2, 0.25) is 5.91 Å². The molecule has 2 rings (SSSR count). The fourth-order valence-corrected chi connectivity index (χ4v) is 1.74. The van der Waals surface area contributed by atoms with Crippen LogP contribution in [0.3, 0.4) is 0 Å². The number of piperazine rings is 1. The summed E-state index contributed by atoms with van der Waals surface area (Å²) >= 11 is 0. The fraction of sp³-hybridized carbons (Fsp3) is 0.308. The Morgan fingerprint density at radius 2 is 1.76 bits per heavy atom. The Morgan fingerprint density at radius 3 is 2.41 bits per heavy atom. The summed E-state index contributed by atoms with van der Waals surface area (Å²) < 4.78 is 12.7. The maximum Gasteiger partial charge on any atom is 0.246 e. The number of nitrogens with zero attached hydrogens (tertiary/aromatic N) is 2. The molecule has 1 heterocycles. The molecule has 90 valence electrons. The second kappa shape index (κ2) is 5.59. The van der Waals surface area contributed by atoms with Gasteiger partial charge in [-0.1, -0.05) is 30.3 Å². The maximum atomic E-state index is 12.7. The van der Waals surface area contributed by atoms with Crippen molar-refractivity contribution in [2.75, 3.05) is 26.2 Å². The third-order valence-corrected chi connectivity index (χ3v) is 2.75. The molecular weight excluding hydrogens is 219 g/mol. The molecule has 1 saturated heterocycles. The Hall–Kier alpha value is -1.68. The molecule has 1 aromatic carbocycles. The summed E-state index contributed by atoms with van der Waals surface area (Å²) in [5.74, 6) is -0.0537. The molecule has 0 radical (unpaired) electrons. The lowest BCUT2D eigenvalue weighted by molar-refractivity contribution is -0.130. The molecule has 1 aliphatic heterocycles. The minimum absolute atomic E-state index is 0.0537.